The van der Waals surface area contributed by atoms with E-state index in [9.17, 15) is 9.59 Å². The van der Waals surface area contributed by atoms with Crippen LogP contribution in [0.15, 0.2) is 67.1 Å². The molecule has 2 aromatic carbocycles. The van der Waals surface area contributed by atoms with Crippen molar-refractivity contribution < 1.29 is 9.59 Å². The zero-order valence-electron chi connectivity index (χ0n) is 19.2. The number of halogens is 1. The number of pyridine rings is 1. The molecule has 3 atom stereocenters. The number of nitrogens with one attached hydrogen (secondary N) is 1. The van der Waals surface area contributed by atoms with E-state index in [2.05, 4.69) is 15.4 Å². The van der Waals surface area contributed by atoms with Crippen LogP contribution in [0.3, 0.4) is 0 Å². The average Bonchev–Trinajstić information content (AvgIpc) is 3.30. The van der Waals surface area contributed by atoms with Gasteiger partial charge in [-0.2, -0.15) is 5.10 Å². The number of aromatic nitrogens is 3. The number of carbonyl (C=O) groups is 2. The molecule has 0 bridgehead atoms. The van der Waals surface area contributed by atoms with Gasteiger partial charge in [0.2, 0.25) is 5.91 Å². The fraction of sp³-hybridized carbons (Fsp3) is 0.259. The summed E-state index contributed by atoms with van der Waals surface area (Å²) in [5.41, 5.74) is 3.42. The van der Waals surface area contributed by atoms with Crippen molar-refractivity contribution in [2.45, 2.75) is 31.2 Å². The van der Waals surface area contributed by atoms with Crippen LogP contribution in [-0.4, -0.2) is 32.7 Å². The molecular weight excluding hydrogens is 462 g/mol. The van der Waals surface area contributed by atoms with E-state index >= 15 is 0 Å². The van der Waals surface area contributed by atoms with Crippen molar-refractivity contribution in [2.24, 2.45) is 13.0 Å². The maximum absolute atomic E-state index is 13.6. The molecule has 35 heavy (non-hydrogen) atoms. The van der Waals surface area contributed by atoms with Gasteiger partial charge in [0, 0.05) is 46.8 Å². The lowest BCUT2D eigenvalue weighted by molar-refractivity contribution is -0.124. The molecule has 2 fully saturated rings. The van der Waals surface area contributed by atoms with Gasteiger partial charge in [0.05, 0.1) is 23.5 Å². The number of carbonyl (C=O) groups excluding carboxylic acids is 2. The zero-order valence-corrected chi connectivity index (χ0v) is 19.9. The van der Waals surface area contributed by atoms with Crippen LogP contribution in [0, 0.1) is 5.92 Å². The van der Waals surface area contributed by atoms with Crippen LogP contribution < -0.4 is 10.2 Å². The minimum Gasteiger partial charge on any atom is -0.334 e. The molecule has 4 aromatic rings. The largest absolute Gasteiger partial charge is 0.334 e. The monoisotopic (exact) mass is 485 g/mol. The molecule has 1 N–H and O–H groups in total. The highest BCUT2D eigenvalue weighted by Gasteiger charge is 2.46. The van der Waals surface area contributed by atoms with Crippen molar-refractivity contribution in [2.75, 3.05) is 4.90 Å². The second kappa shape index (κ2) is 8.50. The summed E-state index contributed by atoms with van der Waals surface area (Å²) in [4.78, 5) is 32.4. The summed E-state index contributed by atoms with van der Waals surface area (Å²) < 4.78 is 1.77. The fourth-order valence-electron chi connectivity index (χ4n) is 5.62. The number of fused-ring (bicyclic) bond motifs is 2. The predicted molar refractivity (Wildman–Crippen MR) is 135 cm³/mol. The fourth-order valence-corrected chi connectivity index (χ4v) is 5.95. The molecule has 1 saturated carbocycles. The number of benzene rings is 2. The van der Waals surface area contributed by atoms with Crippen LogP contribution >= 0.6 is 11.6 Å². The van der Waals surface area contributed by atoms with Gasteiger partial charge in [0.1, 0.15) is 0 Å². The van der Waals surface area contributed by atoms with Crippen LogP contribution in [0.25, 0.3) is 22.0 Å². The van der Waals surface area contributed by atoms with Crippen LogP contribution in [0.4, 0.5) is 10.5 Å². The summed E-state index contributed by atoms with van der Waals surface area (Å²) in [6.45, 7) is 0. The Kier molecular flexibility index (Phi) is 5.29. The molecule has 176 valence electrons. The van der Waals surface area contributed by atoms with Gasteiger partial charge in [-0.25, -0.2) is 9.69 Å². The lowest BCUT2D eigenvalue weighted by Gasteiger charge is -2.42. The van der Waals surface area contributed by atoms with Crippen molar-refractivity contribution in [3.63, 3.8) is 0 Å². The number of hydrogen-bond donors (Lipinski definition) is 1. The molecule has 0 spiro atoms. The van der Waals surface area contributed by atoms with Gasteiger partial charge in [-0.05, 0) is 42.9 Å². The summed E-state index contributed by atoms with van der Waals surface area (Å²) in [6.07, 6.45) is 7.35. The third-order valence-electron chi connectivity index (χ3n) is 7.24. The van der Waals surface area contributed by atoms with Gasteiger partial charge in [0.15, 0.2) is 0 Å². The lowest BCUT2D eigenvalue weighted by atomic mass is 9.73. The first-order valence-corrected chi connectivity index (χ1v) is 12.1. The van der Waals surface area contributed by atoms with Crippen molar-refractivity contribution in [1.29, 1.82) is 0 Å². The van der Waals surface area contributed by atoms with Crippen molar-refractivity contribution in [1.82, 2.24) is 20.1 Å². The molecule has 2 aliphatic rings. The lowest BCUT2D eigenvalue weighted by Crippen LogP contribution is -2.61. The Hall–Kier alpha value is -3.71. The third-order valence-corrected chi connectivity index (χ3v) is 7.57. The maximum atomic E-state index is 13.6. The van der Waals surface area contributed by atoms with Crippen LogP contribution in [0.1, 0.15) is 30.7 Å². The summed E-state index contributed by atoms with van der Waals surface area (Å²) >= 11 is 6.71. The van der Waals surface area contributed by atoms with E-state index < -0.39 is 6.03 Å². The number of anilines is 1. The van der Waals surface area contributed by atoms with Crippen molar-refractivity contribution in [3.05, 3.63) is 77.7 Å². The van der Waals surface area contributed by atoms with Gasteiger partial charge in [-0.3, -0.25) is 14.5 Å². The minimum absolute atomic E-state index is 0.112. The minimum atomic E-state index is -0.404. The Morgan fingerprint density at radius 1 is 1.03 bits per heavy atom. The second-order valence-electron chi connectivity index (χ2n) is 9.30. The summed E-state index contributed by atoms with van der Waals surface area (Å²) in [6, 6.07) is 14.8. The highest BCUT2D eigenvalue weighted by atomic mass is 35.5. The molecule has 6 rings (SSSR count). The Labute approximate surface area is 207 Å². The van der Waals surface area contributed by atoms with Crippen LogP contribution in [0.2, 0.25) is 5.02 Å². The van der Waals surface area contributed by atoms with E-state index in [1.54, 1.807) is 17.1 Å². The molecule has 0 radical (unpaired) electrons. The Morgan fingerprint density at radius 2 is 1.89 bits per heavy atom. The smallest absolute Gasteiger partial charge is 0.329 e. The molecule has 1 aliphatic carbocycles. The number of hydrogen-bond acceptors (Lipinski definition) is 4. The molecule has 8 heteroatoms. The normalized spacial score (nSPS) is 22.2. The van der Waals surface area contributed by atoms with Crippen LogP contribution in [0.5, 0.6) is 0 Å². The Balaban J connectivity index is 1.31. The number of rotatable bonds is 3. The molecule has 3 amide bonds. The van der Waals surface area contributed by atoms with E-state index in [0.29, 0.717) is 23.6 Å². The van der Waals surface area contributed by atoms with Gasteiger partial charge in [-0.1, -0.05) is 48.0 Å². The van der Waals surface area contributed by atoms with Crippen molar-refractivity contribution >= 4 is 40.0 Å². The van der Waals surface area contributed by atoms with E-state index in [0.717, 1.165) is 34.0 Å². The third kappa shape index (κ3) is 3.67. The summed E-state index contributed by atoms with van der Waals surface area (Å²) in [7, 11) is 1.89. The summed E-state index contributed by atoms with van der Waals surface area (Å²) in [5, 5.41) is 10.1. The molecule has 1 aliphatic heterocycles. The number of urea groups is 1. The van der Waals surface area contributed by atoms with Gasteiger partial charge in [-0.15, -0.1) is 0 Å². The van der Waals surface area contributed by atoms with E-state index in [1.165, 1.54) is 4.90 Å². The number of imide groups is 1. The van der Waals surface area contributed by atoms with E-state index in [1.807, 2.05) is 61.8 Å². The molecule has 7 nitrogen and oxygen atoms in total. The van der Waals surface area contributed by atoms with E-state index in [-0.39, 0.29) is 23.8 Å². The number of amides is 3. The summed E-state index contributed by atoms with van der Waals surface area (Å²) in [5.74, 6) is -0.344. The second-order valence-corrected chi connectivity index (χ2v) is 9.71. The number of nitrogens with zero attached hydrogens (tertiary/aromatic N) is 4. The quantitative estimate of drug-likeness (QED) is 0.427. The van der Waals surface area contributed by atoms with Crippen LogP contribution in [-0.2, 0) is 11.8 Å². The topological polar surface area (TPSA) is 80.1 Å². The standard InChI is InChI=1S/C27H24ClN5O2/c1-32-12-11-22(31-32)19-7-4-8-21(28)25(19)16-9-10-20-23(13-16)30-27(35)33(26(20)34)24-15-29-14-17-5-2-3-6-18(17)24/h2-8,11-12,14-16,20,23H,9-10,13H2,1H3,(H,30,35). The van der Waals surface area contributed by atoms with Gasteiger partial charge in [0.25, 0.3) is 0 Å². The highest BCUT2D eigenvalue weighted by molar-refractivity contribution is 6.31. The first kappa shape index (κ1) is 21.8. The molecule has 3 heterocycles. The highest BCUT2D eigenvalue weighted by Crippen LogP contribution is 2.44. The maximum Gasteiger partial charge on any atom is 0.329 e. The molecule has 3 unspecified atom stereocenters. The number of aryl methyl sites for hydroxylation is 1. The molecule has 1 saturated heterocycles. The van der Waals surface area contributed by atoms with E-state index in [4.69, 9.17) is 11.6 Å². The SMILES string of the molecule is Cn1ccc(-c2cccc(Cl)c2C2CCC3C(=O)N(c4cncc5ccccc45)C(=O)NC3C2)n1. The molecular formula is C27H24ClN5O2. The van der Waals surface area contributed by atoms with Crippen molar-refractivity contribution in [3.8, 4) is 11.3 Å². The van der Waals surface area contributed by atoms with Gasteiger partial charge < -0.3 is 5.32 Å². The first-order valence-electron chi connectivity index (χ1n) is 11.8. The first-order chi connectivity index (χ1) is 17.0. The zero-order chi connectivity index (χ0) is 24.1. The molecule has 2 aromatic heterocycles. The predicted octanol–water partition coefficient (Wildman–Crippen LogP) is 5.30. The average molecular weight is 486 g/mol. The Bertz CT molecular complexity index is 1460. The Morgan fingerprint density at radius 3 is 2.71 bits per heavy atom. The van der Waals surface area contributed by atoms with Gasteiger partial charge >= 0.3 is 6.03 Å².